The molecular formula is C19H32N2O3S. The molecule has 0 bridgehead atoms. The zero-order valence-corrected chi connectivity index (χ0v) is 17.1. The third-order valence-corrected chi connectivity index (χ3v) is 5.41. The summed E-state index contributed by atoms with van der Waals surface area (Å²) in [5.41, 5.74) is 1.64. The number of aryl methyl sites for hydroxylation is 1. The van der Waals surface area contributed by atoms with Crippen LogP contribution in [0.4, 0.5) is 5.69 Å². The average Bonchev–Trinajstić information content (AvgIpc) is 2.47. The Morgan fingerprint density at radius 1 is 1.16 bits per heavy atom. The minimum Gasteiger partial charge on any atom is -0.353 e. The number of amides is 1. The number of hydrogen-bond donors (Lipinski definition) is 1. The van der Waals surface area contributed by atoms with Crippen LogP contribution in [0.25, 0.3) is 0 Å². The second-order valence-electron chi connectivity index (χ2n) is 7.36. The predicted molar refractivity (Wildman–Crippen MR) is 104 cm³/mol. The van der Waals surface area contributed by atoms with Gasteiger partial charge in [0.25, 0.3) is 0 Å². The van der Waals surface area contributed by atoms with Crippen LogP contribution < -0.4 is 9.62 Å². The van der Waals surface area contributed by atoms with Gasteiger partial charge in [0.1, 0.15) is 0 Å². The number of carbonyl (C=O) groups excluding carboxylic acids is 1. The summed E-state index contributed by atoms with van der Waals surface area (Å²) >= 11 is 0. The summed E-state index contributed by atoms with van der Waals surface area (Å²) in [4.78, 5) is 12.2. The molecule has 0 aliphatic heterocycles. The zero-order valence-electron chi connectivity index (χ0n) is 16.2. The van der Waals surface area contributed by atoms with Crippen LogP contribution in [0.15, 0.2) is 24.3 Å². The molecule has 0 aromatic heterocycles. The molecule has 0 unspecified atom stereocenters. The van der Waals surface area contributed by atoms with E-state index in [9.17, 15) is 13.2 Å². The summed E-state index contributed by atoms with van der Waals surface area (Å²) in [6.45, 7) is 10.6. The summed E-state index contributed by atoms with van der Waals surface area (Å²) in [5.74, 6) is 0.706. The third-order valence-electron chi connectivity index (χ3n) is 4.22. The first kappa shape index (κ1) is 21.5. The Morgan fingerprint density at radius 2 is 1.76 bits per heavy atom. The summed E-state index contributed by atoms with van der Waals surface area (Å²) in [5, 5.41) is 3.07. The molecule has 0 saturated heterocycles. The van der Waals surface area contributed by atoms with Gasteiger partial charge in [-0.25, -0.2) is 8.42 Å². The number of sulfonamides is 1. The van der Waals surface area contributed by atoms with Gasteiger partial charge in [0.2, 0.25) is 15.9 Å². The Bertz CT molecular complexity index is 661. The molecule has 0 saturated carbocycles. The van der Waals surface area contributed by atoms with Gasteiger partial charge in [-0.15, -0.1) is 0 Å². The molecule has 5 nitrogen and oxygen atoms in total. The van der Waals surface area contributed by atoms with Gasteiger partial charge < -0.3 is 5.32 Å². The van der Waals surface area contributed by atoms with Crippen LogP contribution in [0.2, 0.25) is 0 Å². The van der Waals surface area contributed by atoms with Gasteiger partial charge in [-0.05, 0) is 42.9 Å². The first-order valence-electron chi connectivity index (χ1n) is 8.86. The Labute approximate surface area is 152 Å². The lowest BCUT2D eigenvalue weighted by Crippen LogP contribution is -2.42. The quantitative estimate of drug-likeness (QED) is 0.727. The van der Waals surface area contributed by atoms with Gasteiger partial charge in [0.15, 0.2) is 0 Å². The molecule has 0 fully saturated rings. The predicted octanol–water partition coefficient (Wildman–Crippen LogP) is 3.34. The number of nitrogens with one attached hydrogen (secondary N) is 1. The monoisotopic (exact) mass is 368 g/mol. The second-order valence-corrected chi connectivity index (χ2v) is 9.27. The lowest BCUT2D eigenvalue weighted by molar-refractivity contribution is -0.122. The van der Waals surface area contributed by atoms with Crippen molar-refractivity contribution in [2.45, 2.75) is 53.5 Å². The zero-order chi connectivity index (χ0) is 19.2. The molecule has 142 valence electrons. The van der Waals surface area contributed by atoms with Crippen molar-refractivity contribution in [3.8, 4) is 0 Å². The van der Waals surface area contributed by atoms with Gasteiger partial charge >= 0.3 is 0 Å². The summed E-state index contributed by atoms with van der Waals surface area (Å²) in [6, 6.07) is 7.52. The van der Waals surface area contributed by atoms with E-state index >= 15 is 0 Å². The van der Waals surface area contributed by atoms with E-state index in [0.717, 1.165) is 5.56 Å². The molecule has 1 aromatic rings. The molecule has 0 spiro atoms. The molecular weight excluding hydrogens is 336 g/mol. The van der Waals surface area contributed by atoms with Gasteiger partial charge in [-0.3, -0.25) is 9.10 Å². The number of hydrogen-bond acceptors (Lipinski definition) is 3. The fourth-order valence-electron chi connectivity index (χ4n) is 3.01. The van der Waals surface area contributed by atoms with Gasteiger partial charge in [-0.2, -0.15) is 0 Å². The lowest BCUT2D eigenvalue weighted by atomic mass is 9.93. The number of nitrogens with zero attached hydrogens (tertiary/aromatic N) is 1. The molecule has 1 amide bonds. The second kappa shape index (κ2) is 9.22. The maximum atomic E-state index is 12.2. The first-order valence-corrected chi connectivity index (χ1v) is 10.7. The van der Waals surface area contributed by atoms with E-state index < -0.39 is 10.0 Å². The van der Waals surface area contributed by atoms with Gasteiger partial charge in [0.05, 0.1) is 11.9 Å². The average molecular weight is 369 g/mol. The largest absolute Gasteiger partial charge is 0.353 e. The van der Waals surface area contributed by atoms with Crippen molar-refractivity contribution in [2.75, 3.05) is 17.1 Å². The lowest BCUT2D eigenvalue weighted by Gasteiger charge is -2.26. The van der Waals surface area contributed by atoms with Crippen LogP contribution >= 0.6 is 0 Å². The Morgan fingerprint density at radius 3 is 2.24 bits per heavy atom. The van der Waals surface area contributed by atoms with E-state index in [2.05, 4.69) is 33.0 Å². The SMILES string of the molecule is Cc1cccc(N(CCCC(=O)NC(C(C)C)C(C)C)S(C)(=O)=O)c1. The molecule has 1 N–H and O–H groups in total. The number of carbonyl (C=O) groups is 1. The fourth-order valence-corrected chi connectivity index (χ4v) is 3.97. The van der Waals surface area contributed by atoms with Crippen LogP contribution in [-0.4, -0.2) is 33.2 Å². The van der Waals surface area contributed by atoms with Gasteiger partial charge in [0, 0.05) is 19.0 Å². The van der Waals surface area contributed by atoms with E-state index in [-0.39, 0.29) is 11.9 Å². The van der Waals surface area contributed by atoms with Crippen molar-refractivity contribution in [1.29, 1.82) is 0 Å². The summed E-state index contributed by atoms with van der Waals surface area (Å²) in [6.07, 6.45) is 1.99. The molecule has 1 rings (SSSR count). The highest BCUT2D eigenvalue weighted by Crippen LogP contribution is 2.19. The highest BCUT2D eigenvalue weighted by Gasteiger charge is 2.21. The molecule has 0 radical (unpaired) electrons. The highest BCUT2D eigenvalue weighted by molar-refractivity contribution is 7.92. The third kappa shape index (κ3) is 7.06. The Balaban J connectivity index is 2.68. The summed E-state index contributed by atoms with van der Waals surface area (Å²) < 4.78 is 25.6. The van der Waals surface area contributed by atoms with Crippen molar-refractivity contribution in [3.63, 3.8) is 0 Å². The molecule has 1 aromatic carbocycles. The van der Waals surface area contributed by atoms with Crippen molar-refractivity contribution < 1.29 is 13.2 Å². The number of benzene rings is 1. The molecule has 25 heavy (non-hydrogen) atoms. The van der Waals surface area contributed by atoms with Crippen LogP contribution in [0.3, 0.4) is 0 Å². The number of rotatable bonds is 9. The summed E-state index contributed by atoms with van der Waals surface area (Å²) in [7, 11) is -3.38. The standard InChI is InChI=1S/C19H32N2O3S/c1-14(2)19(15(3)4)20-18(22)11-8-12-21(25(6,23)24)17-10-7-9-16(5)13-17/h7,9-10,13-15,19H,8,11-12H2,1-6H3,(H,20,22). The molecule has 6 heteroatoms. The molecule has 0 aliphatic rings. The minimum atomic E-state index is -3.38. The van der Waals surface area contributed by atoms with E-state index in [1.807, 2.05) is 25.1 Å². The van der Waals surface area contributed by atoms with E-state index in [0.29, 0.717) is 36.9 Å². The van der Waals surface area contributed by atoms with Crippen LogP contribution in [0, 0.1) is 18.8 Å². The van der Waals surface area contributed by atoms with Crippen LogP contribution in [0.5, 0.6) is 0 Å². The first-order chi connectivity index (χ1) is 11.5. The fraction of sp³-hybridized carbons (Fsp3) is 0.632. The van der Waals surface area contributed by atoms with Crippen LogP contribution in [0.1, 0.15) is 46.1 Å². The topological polar surface area (TPSA) is 66.5 Å². The maximum absolute atomic E-state index is 12.2. The molecule has 0 aliphatic carbocycles. The minimum absolute atomic E-state index is 0.0231. The number of anilines is 1. The normalized spacial score (nSPS) is 12.0. The van der Waals surface area contributed by atoms with Gasteiger partial charge in [-0.1, -0.05) is 39.8 Å². The Kier molecular flexibility index (Phi) is 7.93. The van der Waals surface area contributed by atoms with Crippen molar-refractivity contribution in [2.24, 2.45) is 11.8 Å². The van der Waals surface area contributed by atoms with E-state index in [4.69, 9.17) is 0 Å². The van der Waals surface area contributed by atoms with E-state index in [1.54, 1.807) is 6.07 Å². The highest BCUT2D eigenvalue weighted by atomic mass is 32.2. The van der Waals surface area contributed by atoms with Crippen molar-refractivity contribution >= 4 is 21.6 Å². The van der Waals surface area contributed by atoms with Crippen molar-refractivity contribution in [1.82, 2.24) is 5.32 Å². The van der Waals surface area contributed by atoms with E-state index in [1.165, 1.54) is 10.6 Å². The van der Waals surface area contributed by atoms with Crippen molar-refractivity contribution in [3.05, 3.63) is 29.8 Å². The maximum Gasteiger partial charge on any atom is 0.232 e. The molecule has 0 atom stereocenters. The smallest absolute Gasteiger partial charge is 0.232 e. The Hall–Kier alpha value is -1.56. The molecule has 0 heterocycles. The van der Waals surface area contributed by atoms with Crippen LogP contribution in [-0.2, 0) is 14.8 Å².